The van der Waals surface area contributed by atoms with E-state index in [4.69, 9.17) is 4.74 Å². The van der Waals surface area contributed by atoms with Crippen LogP contribution in [0.25, 0.3) is 11.1 Å². The number of halogens is 1. The lowest BCUT2D eigenvalue weighted by atomic mass is 9.99. The topological polar surface area (TPSA) is 54.1 Å². The first-order valence-electron chi connectivity index (χ1n) is 8.60. The molecule has 1 aliphatic heterocycles. The summed E-state index contributed by atoms with van der Waals surface area (Å²) in [5.74, 6) is -0.461. The minimum absolute atomic E-state index is 0.0274. The van der Waals surface area contributed by atoms with Crippen molar-refractivity contribution in [2.24, 2.45) is 0 Å². The first kappa shape index (κ1) is 16.5. The van der Waals surface area contributed by atoms with Crippen LogP contribution in [-0.4, -0.2) is 23.5 Å². The highest BCUT2D eigenvalue weighted by molar-refractivity contribution is 5.93. The van der Waals surface area contributed by atoms with Crippen LogP contribution in [0.4, 0.5) is 4.39 Å². The number of H-pyrrole nitrogens is 1. The maximum absolute atomic E-state index is 13.0. The van der Waals surface area contributed by atoms with Crippen molar-refractivity contribution in [3.63, 3.8) is 0 Å². The van der Waals surface area contributed by atoms with Gasteiger partial charge in [0, 0.05) is 19.2 Å². The third-order valence-electron chi connectivity index (χ3n) is 4.64. The molecule has 1 aromatic heterocycles. The van der Waals surface area contributed by atoms with Crippen molar-refractivity contribution in [1.29, 1.82) is 0 Å². The Bertz CT molecular complexity index is 918. The number of amides is 1. The molecule has 132 valence electrons. The van der Waals surface area contributed by atoms with E-state index in [1.807, 2.05) is 12.1 Å². The Morgan fingerprint density at radius 2 is 1.88 bits per heavy atom. The lowest BCUT2D eigenvalue weighted by Crippen LogP contribution is -2.36. The molecule has 1 unspecified atom stereocenters. The molecule has 0 saturated heterocycles. The summed E-state index contributed by atoms with van der Waals surface area (Å²) in [5, 5.41) is 2.92. The van der Waals surface area contributed by atoms with Gasteiger partial charge < -0.3 is 15.0 Å². The second-order valence-corrected chi connectivity index (χ2v) is 6.42. The molecule has 2 aromatic carbocycles. The quantitative estimate of drug-likeness (QED) is 0.754. The smallest absolute Gasteiger partial charge is 0.267 e. The minimum Gasteiger partial charge on any atom is -0.371 e. The number of carbonyl (C=O) groups excluding carboxylic acids is 1. The van der Waals surface area contributed by atoms with Crippen LogP contribution < -0.4 is 5.32 Å². The average Bonchev–Trinajstić information content (AvgIpc) is 3.17. The van der Waals surface area contributed by atoms with Gasteiger partial charge in [0.2, 0.25) is 0 Å². The van der Waals surface area contributed by atoms with E-state index < -0.39 is 0 Å². The highest BCUT2D eigenvalue weighted by Gasteiger charge is 2.20. The monoisotopic (exact) mass is 350 g/mol. The lowest BCUT2D eigenvalue weighted by Gasteiger charge is -2.25. The van der Waals surface area contributed by atoms with Crippen molar-refractivity contribution in [2.75, 3.05) is 6.54 Å². The van der Waals surface area contributed by atoms with Gasteiger partial charge in [0.25, 0.3) is 5.91 Å². The minimum atomic E-state index is -0.281. The number of benzene rings is 2. The molecule has 1 atom stereocenters. The Balaban J connectivity index is 1.36. The molecule has 1 amide bonds. The van der Waals surface area contributed by atoms with Gasteiger partial charge in [-0.05, 0) is 40.5 Å². The van der Waals surface area contributed by atoms with Crippen molar-refractivity contribution >= 4 is 5.91 Å². The van der Waals surface area contributed by atoms with E-state index >= 15 is 0 Å². The van der Waals surface area contributed by atoms with Gasteiger partial charge >= 0.3 is 0 Å². The summed E-state index contributed by atoms with van der Waals surface area (Å²) in [6, 6.07) is 16.2. The van der Waals surface area contributed by atoms with Gasteiger partial charge in [0.05, 0.1) is 12.7 Å². The fourth-order valence-electron chi connectivity index (χ4n) is 3.18. The number of fused-ring (bicyclic) bond motifs is 1. The molecule has 2 heterocycles. The summed E-state index contributed by atoms with van der Waals surface area (Å²) in [5.41, 5.74) is 4.66. The number of ether oxygens (including phenoxy) is 1. The van der Waals surface area contributed by atoms with Crippen molar-refractivity contribution in [3.05, 3.63) is 83.4 Å². The Kier molecular flexibility index (Phi) is 4.54. The molecule has 5 heteroatoms. The predicted molar refractivity (Wildman–Crippen MR) is 97.2 cm³/mol. The van der Waals surface area contributed by atoms with E-state index in [9.17, 15) is 9.18 Å². The van der Waals surface area contributed by atoms with E-state index in [1.54, 1.807) is 24.4 Å². The molecule has 4 nitrogen and oxygen atoms in total. The highest BCUT2D eigenvalue weighted by atomic mass is 19.1. The zero-order valence-electron chi connectivity index (χ0n) is 14.2. The Morgan fingerprint density at radius 1 is 1.12 bits per heavy atom. The number of hydrogen-bond acceptors (Lipinski definition) is 2. The molecule has 3 aromatic rings. The predicted octanol–water partition coefficient (Wildman–Crippen LogP) is 3.69. The summed E-state index contributed by atoms with van der Waals surface area (Å²) in [7, 11) is 0. The highest BCUT2D eigenvalue weighted by Crippen LogP contribution is 2.21. The van der Waals surface area contributed by atoms with Crippen molar-refractivity contribution in [3.8, 4) is 11.1 Å². The summed E-state index contributed by atoms with van der Waals surface area (Å²) in [6.45, 7) is 1.03. The van der Waals surface area contributed by atoms with E-state index in [-0.39, 0.29) is 17.8 Å². The largest absolute Gasteiger partial charge is 0.371 e. The maximum Gasteiger partial charge on any atom is 0.267 e. The van der Waals surface area contributed by atoms with Gasteiger partial charge in [-0.1, -0.05) is 36.4 Å². The number of nitrogens with one attached hydrogen (secondary N) is 2. The second-order valence-electron chi connectivity index (χ2n) is 6.42. The van der Waals surface area contributed by atoms with E-state index in [2.05, 4.69) is 22.4 Å². The van der Waals surface area contributed by atoms with Gasteiger partial charge in [-0.3, -0.25) is 4.79 Å². The fraction of sp³-hybridized carbons (Fsp3) is 0.190. The van der Waals surface area contributed by atoms with Crippen LogP contribution in [0.15, 0.2) is 60.8 Å². The number of hydrogen-bond donors (Lipinski definition) is 2. The number of rotatable bonds is 4. The molecule has 0 aliphatic carbocycles. The average molecular weight is 350 g/mol. The fourth-order valence-corrected chi connectivity index (χ4v) is 3.18. The standard InChI is InChI=1S/C21H19FN2O2/c22-18-7-5-14(6-8-18)17-10-20(23-11-17)21(25)24-12-19-9-15-3-1-2-4-16(15)13-26-19/h1-8,10-11,19,23H,9,12-13H2,(H,24,25). The Hall–Kier alpha value is -2.92. The molecule has 2 N–H and O–H groups in total. The van der Waals surface area contributed by atoms with E-state index in [0.29, 0.717) is 18.8 Å². The molecular formula is C21H19FN2O2. The van der Waals surface area contributed by atoms with E-state index in [0.717, 1.165) is 17.5 Å². The molecule has 0 fully saturated rings. The molecular weight excluding hydrogens is 331 g/mol. The van der Waals surface area contributed by atoms with Crippen LogP contribution in [0, 0.1) is 5.82 Å². The molecule has 0 radical (unpaired) electrons. The zero-order chi connectivity index (χ0) is 17.9. The van der Waals surface area contributed by atoms with Crippen LogP contribution in [0.5, 0.6) is 0 Å². The third kappa shape index (κ3) is 3.53. The zero-order valence-corrected chi connectivity index (χ0v) is 14.2. The van der Waals surface area contributed by atoms with Crippen LogP contribution in [0.2, 0.25) is 0 Å². The summed E-state index contributed by atoms with van der Waals surface area (Å²) >= 11 is 0. The van der Waals surface area contributed by atoms with Crippen molar-refractivity contribution in [2.45, 2.75) is 19.1 Å². The van der Waals surface area contributed by atoms with Crippen molar-refractivity contribution < 1.29 is 13.9 Å². The Labute approximate surface area is 151 Å². The number of aromatic amines is 1. The summed E-state index contributed by atoms with van der Waals surface area (Å²) < 4.78 is 18.8. The first-order chi connectivity index (χ1) is 12.7. The molecule has 4 rings (SSSR count). The van der Waals surface area contributed by atoms with Crippen LogP contribution in [0.1, 0.15) is 21.6 Å². The molecule has 0 bridgehead atoms. The normalized spacial score (nSPS) is 16.1. The number of aromatic nitrogens is 1. The van der Waals surface area contributed by atoms with Crippen molar-refractivity contribution in [1.82, 2.24) is 10.3 Å². The lowest BCUT2D eigenvalue weighted by molar-refractivity contribution is 0.0284. The van der Waals surface area contributed by atoms with Gasteiger partial charge in [-0.25, -0.2) is 4.39 Å². The van der Waals surface area contributed by atoms with Crippen LogP contribution >= 0.6 is 0 Å². The Morgan fingerprint density at radius 3 is 2.69 bits per heavy atom. The third-order valence-corrected chi connectivity index (χ3v) is 4.64. The number of carbonyl (C=O) groups is 1. The molecule has 0 saturated carbocycles. The SMILES string of the molecule is O=C(NCC1Cc2ccccc2CO1)c1cc(-c2ccc(F)cc2)c[nH]1. The summed E-state index contributed by atoms with van der Waals surface area (Å²) in [4.78, 5) is 15.3. The van der Waals surface area contributed by atoms with Gasteiger partial charge in [-0.2, -0.15) is 0 Å². The maximum atomic E-state index is 13.0. The second kappa shape index (κ2) is 7.14. The van der Waals surface area contributed by atoms with Gasteiger partial charge in [-0.15, -0.1) is 0 Å². The van der Waals surface area contributed by atoms with Crippen LogP contribution in [0.3, 0.4) is 0 Å². The first-order valence-corrected chi connectivity index (χ1v) is 8.60. The summed E-state index contributed by atoms with van der Waals surface area (Å²) in [6.07, 6.45) is 2.51. The molecule has 26 heavy (non-hydrogen) atoms. The molecule has 0 spiro atoms. The van der Waals surface area contributed by atoms with Gasteiger partial charge in [0.1, 0.15) is 11.5 Å². The van der Waals surface area contributed by atoms with Crippen LogP contribution in [-0.2, 0) is 17.8 Å². The van der Waals surface area contributed by atoms with Gasteiger partial charge in [0.15, 0.2) is 0 Å². The van der Waals surface area contributed by atoms with E-state index in [1.165, 1.54) is 23.3 Å². The molecule has 1 aliphatic rings.